The highest BCUT2D eigenvalue weighted by Crippen LogP contribution is 2.25. The predicted octanol–water partition coefficient (Wildman–Crippen LogP) is 3.71. The van der Waals surface area contributed by atoms with E-state index in [1.54, 1.807) is 0 Å². The number of ether oxygens (including phenoxy) is 3. The maximum Gasteiger partial charge on any atom is 0.323 e. The summed E-state index contributed by atoms with van der Waals surface area (Å²) in [6.07, 6.45) is 2.11. The van der Waals surface area contributed by atoms with Crippen molar-refractivity contribution in [3.05, 3.63) is 36.4 Å². The number of esters is 1. The van der Waals surface area contributed by atoms with E-state index in [2.05, 4.69) is 13.5 Å². The van der Waals surface area contributed by atoms with Crippen LogP contribution in [0, 0.1) is 0 Å². The van der Waals surface area contributed by atoms with E-state index in [1.807, 2.05) is 38.1 Å². The molecule has 5 heteroatoms. The molecule has 1 aromatic carbocycles. The van der Waals surface area contributed by atoms with Gasteiger partial charge in [0, 0.05) is 6.61 Å². The zero-order valence-corrected chi connectivity index (χ0v) is 16.1. The minimum Gasteiger partial charge on any atom is -0.484 e. The van der Waals surface area contributed by atoms with Crippen molar-refractivity contribution < 1.29 is 19.0 Å². The second kappa shape index (κ2) is 9.74. The average Bonchev–Trinajstić information content (AvgIpc) is 2.66. The Bertz CT molecular complexity index is 599. The average molecular weight is 361 g/mol. The van der Waals surface area contributed by atoms with Gasteiger partial charge < -0.3 is 19.9 Å². The molecule has 2 rings (SSSR count). The standard InChI is InChI=1S/C21H31NO4/c1-5-13-24-19-8-6-7-18(22)21(23)25-15(4)20(19)26-17-11-9-16(10-12-17)14(2)3/h9-12,15,18-20H,2,5-8,13,22H2,1,3-4H3/t15-,18-,19-,20-/m0/s1. The fraction of sp³-hybridized carbons (Fsp3) is 0.571. The third-order valence-corrected chi connectivity index (χ3v) is 4.59. The molecule has 0 spiro atoms. The topological polar surface area (TPSA) is 70.8 Å². The Labute approximate surface area is 156 Å². The number of carbonyl (C=O) groups excluding carboxylic acids is 1. The van der Waals surface area contributed by atoms with Crippen LogP contribution in [0.25, 0.3) is 5.57 Å². The third-order valence-electron chi connectivity index (χ3n) is 4.59. The molecule has 26 heavy (non-hydrogen) atoms. The molecule has 1 fully saturated rings. The van der Waals surface area contributed by atoms with Crippen LogP contribution >= 0.6 is 0 Å². The lowest BCUT2D eigenvalue weighted by molar-refractivity contribution is -0.158. The molecule has 0 saturated carbocycles. The fourth-order valence-electron chi connectivity index (χ4n) is 3.06. The lowest BCUT2D eigenvalue weighted by Crippen LogP contribution is -2.45. The van der Waals surface area contributed by atoms with Crippen LogP contribution in [0.2, 0.25) is 0 Å². The van der Waals surface area contributed by atoms with Crippen LogP contribution in [-0.2, 0) is 14.3 Å². The van der Waals surface area contributed by atoms with Gasteiger partial charge in [-0.15, -0.1) is 0 Å². The SMILES string of the molecule is C=C(C)c1ccc(O[C@H]2[C@H](C)OC(=O)[C@@H](N)CCC[C@@H]2OCCC)cc1. The molecule has 0 unspecified atom stereocenters. The van der Waals surface area contributed by atoms with Crippen LogP contribution in [0.4, 0.5) is 0 Å². The Balaban J connectivity index is 2.20. The molecule has 5 nitrogen and oxygen atoms in total. The van der Waals surface area contributed by atoms with Gasteiger partial charge in [0.2, 0.25) is 0 Å². The van der Waals surface area contributed by atoms with Crippen LogP contribution < -0.4 is 10.5 Å². The largest absolute Gasteiger partial charge is 0.484 e. The lowest BCUT2D eigenvalue weighted by atomic mass is 10.0. The van der Waals surface area contributed by atoms with Crippen molar-refractivity contribution in [1.29, 1.82) is 0 Å². The van der Waals surface area contributed by atoms with Crippen molar-refractivity contribution >= 4 is 11.5 Å². The quantitative estimate of drug-likeness (QED) is 0.782. The number of benzene rings is 1. The smallest absolute Gasteiger partial charge is 0.323 e. The summed E-state index contributed by atoms with van der Waals surface area (Å²) in [5, 5.41) is 0. The number of cyclic esters (lactones) is 1. The molecule has 1 aliphatic rings. The predicted molar refractivity (Wildman–Crippen MR) is 103 cm³/mol. The van der Waals surface area contributed by atoms with Gasteiger partial charge in [-0.05, 0) is 57.2 Å². The van der Waals surface area contributed by atoms with Crippen LogP contribution in [0.15, 0.2) is 30.8 Å². The second-order valence-corrected chi connectivity index (χ2v) is 6.98. The Morgan fingerprint density at radius 2 is 2.00 bits per heavy atom. The molecule has 0 radical (unpaired) electrons. The van der Waals surface area contributed by atoms with E-state index in [0.29, 0.717) is 13.0 Å². The summed E-state index contributed by atoms with van der Waals surface area (Å²) in [6.45, 7) is 10.5. The van der Waals surface area contributed by atoms with Gasteiger partial charge in [0.15, 0.2) is 6.10 Å². The molecule has 1 saturated heterocycles. The Kier molecular flexibility index (Phi) is 7.66. The first-order chi connectivity index (χ1) is 12.4. The van der Waals surface area contributed by atoms with Crippen molar-refractivity contribution in [2.45, 2.75) is 70.8 Å². The summed E-state index contributed by atoms with van der Waals surface area (Å²) in [6, 6.07) is 7.18. The Hall–Kier alpha value is -1.85. The number of rotatable bonds is 6. The number of hydrogen-bond acceptors (Lipinski definition) is 5. The fourth-order valence-corrected chi connectivity index (χ4v) is 3.06. The van der Waals surface area contributed by atoms with Crippen molar-refractivity contribution in [2.75, 3.05) is 6.61 Å². The summed E-state index contributed by atoms with van der Waals surface area (Å²) >= 11 is 0. The zero-order valence-electron chi connectivity index (χ0n) is 16.1. The first kappa shape index (κ1) is 20.5. The van der Waals surface area contributed by atoms with Crippen molar-refractivity contribution in [1.82, 2.24) is 0 Å². The highest BCUT2D eigenvalue weighted by atomic mass is 16.6. The molecule has 2 N–H and O–H groups in total. The van der Waals surface area contributed by atoms with E-state index in [4.69, 9.17) is 19.9 Å². The van der Waals surface area contributed by atoms with Gasteiger partial charge in [0.1, 0.15) is 17.9 Å². The minimum atomic E-state index is -0.585. The minimum absolute atomic E-state index is 0.149. The third kappa shape index (κ3) is 5.58. The zero-order chi connectivity index (χ0) is 19.1. The van der Waals surface area contributed by atoms with E-state index in [0.717, 1.165) is 36.1 Å². The Morgan fingerprint density at radius 3 is 2.62 bits per heavy atom. The first-order valence-corrected chi connectivity index (χ1v) is 9.42. The van der Waals surface area contributed by atoms with Crippen LogP contribution in [0.3, 0.4) is 0 Å². The van der Waals surface area contributed by atoms with E-state index >= 15 is 0 Å². The van der Waals surface area contributed by atoms with Gasteiger partial charge in [0.05, 0.1) is 6.10 Å². The Morgan fingerprint density at radius 1 is 1.31 bits per heavy atom. The summed E-state index contributed by atoms with van der Waals surface area (Å²) < 4.78 is 17.8. The highest BCUT2D eigenvalue weighted by Gasteiger charge is 2.34. The summed E-state index contributed by atoms with van der Waals surface area (Å²) in [5.74, 6) is 0.344. The van der Waals surface area contributed by atoms with Gasteiger partial charge in [-0.3, -0.25) is 4.79 Å². The number of carbonyl (C=O) groups is 1. The van der Waals surface area contributed by atoms with Crippen LogP contribution in [0.5, 0.6) is 5.75 Å². The molecule has 0 amide bonds. The van der Waals surface area contributed by atoms with Gasteiger partial charge in [0.25, 0.3) is 0 Å². The van der Waals surface area contributed by atoms with E-state index in [1.165, 1.54) is 0 Å². The molecule has 0 aromatic heterocycles. The normalized spacial score (nSPS) is 27.0. The molecule has 0 aliphatic carbocycles. The lowest BCUT2D eigenvalue weighted by Gasteiger charge is -2.31. The summed E-state index contributed by atoms with van der Waals surface area (Å²) in [4.78, 5) is 12.1. The molecule has 1 aliphatic heterocycles. The monoisotopic (exact) mass is 361 g/mol. The number of allylic oxidation sites excluding steroid dienone is 1. The molecular weight excluding hydrogens is 330 g/mol. The highest BCUT2D eigenvalue weighted by molar-refractivity contribution is 5.75. The van der Waals surface area contributed by atoms with Crippen LogP contribution in [0.1, 0.15) is 52.0 Å². The maximum atomic E-state index is 12.1. The maximum absolute atomic E-state index is 12.1. The summed E-state index contributed by atoms with van der Waals surface area (Å²) in [7, 11) is 0. The van der Waals surface area contributed by atoms with Crippen molar-refractivity contribution in [3.63, 3.8) is 0 Å². The first-order valence-electron chi connectivity index (χ1n) is 9.42. The molecule has 0 bridgehead atoms. The molecular formula is C21H31NO4. The van der Waals surface area contributed by atoms with Crippen molar-refractivity contribution in [2.24, 2.45) is 5.73 Å². The van der Waals surface area contributed by atoms with Gasteiger partial charge in [-0.1, -0.05) is 31.2 Å². The molecule has 144 valence electrons. The summed E-state index contributed by atoms with van der Waals surface area (Å²) in [5.41, 5.74) is 7.97. The number of hydrogen-bond donors (Lipinski definition) is 1. The molecule has 4 atom stereocenters. The second-order valence-electron chi connectivity index (χ2n) is 6.98. The van der Waals surface area contributed by atoms with Gasteiger partial charge in [-0.2, -0.15) is 0 Å². The van der Waals surface area contributed by atoms with E-state index in [9.17, 15) is 4.79 Å². The van der Waals surface area contributed by atoms with E-state index in [-0.39, 0.29) is 18.2 Å². The van der Waals surface area contributed by atoms with E-state index < -0.39 is 12.1 Å². The number of nitrogens with two attached hydrogens (primary N) is 1. The van der Waals surface area contributed by atoms with Crippen molar-refractivity contribution in [3.8, 4) is 5.75 Å². The van der Waals surface area contributed by atoms with Crippen LogP contribution in [-0.4, -0.2) is 36.9 Å². The van der Waals surface area contributed by atoms with Gasteiger partial charge in [-0.25, -0.2) is 0 Å². The van der Waals surface area contributed by atoms with Gasteiger partial charge >= 0.3 is 5.97 Å². The molecule has 1 heterocycles. The molecule has 1 aromatic rings.